The first-order valence-corrected chi connectivity index (χ1v) is 5.11. The summed E-state index contributed by atoms with van der Waals surface area (Å²) in [6, 6.07) is -0.303. The summed E-state index contributed by atoms with van der Waals surface area (Å²) in [6.07, 6.45) is -0.337. The number of aliphatic imine (C=N–C) groups is 1. The predicted molar refractivity (Wildman–Crippen MR) is 67.4 cm³/mol. The van der Waals surface area contributed by atoms with E-state index in [1.54, 1.807) is 0 Å². The van der Waals surface area contributed by atoms with Crippen LogP contribution in [0.1, 0.15) is 12.8 Å². The van der Waals surface area contributed by atoms with Crippen molar-refractivity contribution in [3.8, 4) is 0 Å². The summed E-state index contributed by atoms with van der Waals surface area (Å²) in [5, 5.41) is 0. The predicted octanol–water partition coefficient (Wildman–Crippen LogP) is 1.05. The van der Waals surface area contributed by atoms with E-state index >= 15 is 0 Å². The van der Waals surface area contributed by atoms with Crippen molar-refractivity contribution >= 4 is 29.9 Å². The fourth-order valence-corrected chi connectivity index (χ4v) is 1.78. The number of guanidine groups is 1. The first-order chi connectivity index (χ1) is 7.07. The Labute approximate surface area is 110 Å². The molecule has 2 N–H and O–H groups in total. The van der Waals surface area contributed by atoms with E-state index in [-0.39, 0.29) is 42.9 Å². The molecule has 0 spiro atoms. The number of ether oxygens (including phenoxy) is 1. The normalized spacial score (nSPS) is 25.9. The molecule has 2 rings (SSSR count). The third-order valence-electron chi connectivity index (χ3n) is 2.72. The second-order valence-electron chi connectivity index (χ2n) is 4.00. The van der Waals surface area contributed by atoms with Crippen molar-refractivity contribution in [3.05, 3.63) is 0 Å². The molecule has 0 aromatic rings. The topological polar surface area (TPSA) is 50.8 Å². The number of hydrogen-bond donors (Lipinski definition) is 1. The molecule has 0 aromatic carbocycles. The zero-order valence-electron chi connectivity index (χ0n) is 8.86. The van der Waals surface area contributed by atoms with Crippen molar-refractivity contribution in [1.29, 1.82) is 0 Å². The van der Waals surface area contributed by atoms with E-state index in [0.29, 0.717) is 32.3 Å². The quantitative estimate of drug-likeness (QED) is 0.438. The van der Waals surface area contributed by atoms with Gasteiger partial charge >= 0.3 is 0 Å². The smallest absolute Gasteiger partial charge is 0.252 e. The standard InChI is InChI=1S/C9H15F2N3O.HI/c10-9(11)5-7(6-9)13-8(12)14-1-3-15-4-2-14;/h7H,1-6H2,(H2,12,13);1H. The molecule has 0 bridgehead atoms. The van der Waals surface area contributed by atoms with E-state index in [2.05, 4.69) is 4.99 Å². The average Bonchev–Trinajstić information content (AvgIpc) is 2.16. The first kappa shape index (κ1) is 13.9. The van der Waals surface area contributed by atoms with Crippen molar-refractivity contribution in [2.45, 2.75) is 24.8 Å². The fraction of sp³-hybridized carbons (Fsp3) is 0.889. The van der Waals surface area contributed by atoms with E-state index in [0.717, 1.165) is 0 Å². The third kappa shape index (κ3) is 3.41. The Bertz CT molecular complexity index is 261. The van der Waals surface area contributed by atoms with Crippen molar-refractivity contribution in [1.82, 2.24) is 4.90 Å². The van der Waals surface area contributed by atoms with Gasteiger partial charge in [-0.15, -0.1) is 24.0 Å². The minimum absolute atomic E-state index is 0. The lowest BCUT2D eigenvalue weighted by molar-refractivity contribution is -0.0837. The Morgan fingerprint density at radius 3 is 2.38 bits per heavy atom. The highest BCUT2D eigenvalue weighted by atomic mass is 127. The molecule has 1 heterocycles. The van der Waals surface area contributed by atoms with Gasteiger partial charge in [0, 0.05) is 25.9 Å². The van der Waals surface area contributed by atoms with Gasteiger partial charge in [0.15, 0.2) is 5.96 Å². The number of nitrogens with zero attached hydrogens (tertiary/aromatic N) is 2. The molecule has 16 heavy (non-hydrogen) atoms. The van der Waals surface area contributed by atoms with Crippen LogP contribution < -0.4 is 5.73 Å². The van der Waals surface area contributed by atoms with Gasteiger partial charge in [0.2, 0.25) is 0 Å². The van der Waals surface area contributed by atoms with E-state index < -0.39 is 5.92 Å². The summed E-state index contributed by atoms with van der Waals surface area (Å²) in [4.78, 5) is 5.96. The number of halogens is 3. The number of hydrogen-bond acceptors (Lipinski definition) is 2. The SMILES string of the molecule is I.NC(=NC1CC(F)(F)C1)N1CCOCC1. The Morgan fingerprint density at radius 2 is 1.88 bits per heavy atom. The van der Waals surface area contributed by atoms with Gasteiger partial charge in [-0.2, -0.15) is 0 Å². The zero-order chi connectivity index (χ0) is 10.9. The van der Waals surface area contributed by atoms with Gasteiger partial charge in [-0.05, 0) is 0 Å². The summed E-state index contributed by atoms with van der Waals surface area (Å²) in [6.45, 7) is 2.63. The molecule has 0 amide bonds. The van der Waals surface area contributed by atoms with Crippen molar-refractivity contribution < 1.29 is 13.5 Å². The van der Waals surface area contributed by atoms with Crippen LogP contribution in [-0.4, -0.2) is 49.1 Å². The Morgan fingerprint density at radius 1 is 1.31 bits per heavy atom. The maximum Gasteiger partial charge on any atom is 0.252 e. The summed E-state index contributed by atoms with van der Waals surface area (Å²) < 4.78 is 30.2. The Balaban J connectivity index is 0.00000128. The largest absolute Gasteiger partial charge is 0.378 e. The molecule has 94 valence electrons. The highest BCUT2D eigenvalue weighted by Gasteiger charge is 2.45. The lowest BCUT2D eigenvalue weighted by Crippen LogP contribution is -2.47. The molecule has 1 aliphatic heterocycles. The van der Waals surface area contributed by atoms with E-state index in [4.69, 9.17) is 10.5 Å². The van der Waals surface area contributed by atoms with Crippen LogP contribution in [0, 0.1) is 0 Å². The monoisotopic (exact) mass is 347 g/mol. The minimum Gasteiger partial charge on any atom is -0.378 e. The maximum absolute atomic E-state index is 12.5. The number of alkyl halides is 2. The third-order valence-corrected chi connectivity index (χ3v) is 2.72. The van der Waals surface area contributed by atoms with Gasteiger partial charge < -0.3 is 15.4 Å². The minimum atomic E-state index is -2.53. The fourth-order valence-electron chi connectivity index (χ4n) is 1.78. The van der Waals surface area contributed by atoms with Crippen LogP contribution in [-0.2, 0) is 4.74 Å². The van der Waals surface area contributed by atoms with Crippen LogP contribution in [0.15, 0.2) is 4.99 Å². The van der Waals surface area contributed by atoms with Gasteiger partial charge in [0.1, 0.15) is 0 Å². The molecule has 1 aliphatic carbocycles. The van der Waals surface area contributed by atoms with Crippen molar-refractivity contribution in [2.24, 2.45) is 10.7 Å². The molecule has 7 heteroatoms. The molecule has 1 saturated heterocycles. The second kappa shape index (κ2) is 5.44. The van der Waals surface area contributed by atoms with Crippen LogP contribution >= 0.6 is 24.0 Å². The lowest BCUT2D eigenvalue weighted by Gasteiger charge is -2.34. The van der Waals surface area contributed by atoms with Crippen molar-refractivity contribution in [3.63, 3.8) is 0 Å². The van der Waals surface area contributed by atoms with E-state index in [9.17, 15) is 8.78 Å². The van der Waals surface area contributed by atoms with E-state index in [1.165, 1.54) is 0 Å². The highest BCUT2D eigenvalue weighted by molar-refractivity contribution is 14.0. The molecule has 2 fully saturated rings. The number of nitrogens with two attached hydrogens (primary N) is 1. The van der Waals surface area contributed by atoms with Crippen molar-refractivity contribution in [2.75, 3.05) is 26.3 Å². The Kier molecular flexibility index (Phi) is 4.72. The molecule has 4 nitrogen and oxygen atoms in total. The molecule has 0 unspecified atom stereocenters. The summed E-state index contributed by atoms with van der Waals surface area (Å²) >= 11 is 0. The molecule has 0 aromatic heterocycles. The van der Waals surface area contributed by atoms with Crippen LogP contribution in [0.5, 0.6) is 0 Å². The average molecular weight is 347 g/mol. The van der Waals surface area contributed by atoms with Gasteiger partial charge in [-0.3, -0.25) is 0 Å². The molecule has 0 radical (unpaired) electrons. The summed E-state index contributed by atoms with van der Waals surface area (Å²) in [7, 11) is 0. The number of rotatable bonds is 1. The zero-order valence-corrected chi connectivity index (χ0v) is 11.2. The van der Waals surface area contributed by atoms with Crippen LogP contribution in [0.2, 0.25) is 0 Å². The first-order valence-electron chi connectivity index (χ1n) is 5.11. The lowest BCUT2D eigenvalue weighted by atomic mass is 9.89. The van der Waals surface area contributed by atoms with Gasteiger partial charge in [-0.1, -0.05) is 0 Å². The van der Waals surface area contributed by atoms with Gasteiger partial charge in [0.25, 0.3) is 5.92 Å². The van der Waals surface area contributed by atoms with Crippen LogP contribution in [0.4, 0.5) is 8.78 Å². The van der Waals surface area contributed by atoms with Crippen LogP contribution in [0.25, 0.3) is 0 Å². The maximum atomic E-state index is 12.5. The van der Waals surface area contributed by atoms with Gasteiger partial charge in [0.05, 0.1) is 19.3 Å². The molecule has 0 atom stereocenters. The van der Waals surface area contributed by atoms with Crippen LogP contribution in [0.3, 0.4) is 0 Å². The van der Waals surface area contributed by atoms with E-state index in [1.807, 2.05) is 4.90 Å². The molecular formula is C9H16F2IN3O. The highest BCUT2D eigenvalue weighted by Crippen LogP contribution is 2.39. The number of morpholine rings is 1. The second-order valence-corrected chi connectivity index (χ2v) is 4.00. The Hall–Kier alpha value is -0.180. The van der Waals surface area contributed by atoms with Gasteiger partial charge in [-0.25, -0.2) is 13.8 Å². The summed E-state index contributed by atoms with van der Waals surface area (Å²) in [5.74, 6) is -2.15. The molecule has 2 aliphatic rings. The molecular weight excluding hydrogens is 331 g/mol. The summed E-state index contributed by atoms with van der Waals surface area (Å²) in [5.41, 5.74) is 5.72. The molecule has 1 saturated carbocycles.